The van der Waals surface area contributed by atoms with Crippen molar-refractivity contribution < 1.29 is 33.8 Å². The molecule has 3 aliphatic rings. The molecule has 2 bridgehead atoms. The fourth-order valence-corrected chi connectivity index (χ4v) is 6.34. The third kappa shape index (κ3) is 8.85. The average Bonchev–Trinajstić information content (AvgIpc) is 2.96. The molecule has 0 unspecified atom stereocenters. The Morgan fingerprint density at radius 1 is 1.02 bits per heavy atom. The lowest BCUT2D eigenvalue weighted by Crippen LogP contribution is -2.64. The molecule has 1 aliphatic carbocycles. The van der Waals surface area contributed by atoms with E-state index in [1.54, 1.807) is 49.9 Å². The summed E-state index contributed by atoms with van der Waals surface area (Å²) in [6, 6.07) is 4.32. The third-order valence-corrected chi connectivity index (χ3v) is 8.36. The summed E-state index contributed by atoms with van der Waals surface area (Å²) in [5.41, 5.74) is 0.435. The molecule has 3 fully saturated rings. The van der Waals surface area contributed by atoms with Gasteiger partial charge in [-0.05, 0) is 70.1 Å². The highest BCUT2D eigenvalue weighted by molar-refractivity contribution is 6.40. The second-order valence-corrected chi connectivity index (χ2v) is 13.0. The van der Waals surface area contributed by atoms with Gasteiger partial charge in [-0.3, -0.25) is 19.4 Å². The molecule has 1 saturated carbocycles. The van der Waals surface area contributed by atoms with Crippen molar-refractivity contribution in [2.24, 2.45) is 5.92 Å². The van der Waals surface area contributed by atoms with Crippen molar-refractivity contribution in [1.82, 2.24) is 20.5 Å². The van der Waals surface area contributed by atoms with Crippen molar-refractivity contribution in [3.63, 3.8) is 0 Å². The van der Waals surface area contributed by atoms with Crippen LogP contribution in [-0.2, 0) is 25.5 Å². The number of rotatable bonds is 10. The van der Waals surface area contributed by atoms with Gasteiger partial charge in [-0.2, -0.15) is 0 Å². The van der Waals surface area contributed by atoms with Crippen molar-refractivity contribution in [2.75, 3.05) is 11.9 Å². The fraction of sp³-hybridized carbons (Fsp3) is 0.484. The minimum Gasteiger partial charge on any atom is -0.480 e. The summed E-state index contributed by atoms with van der Waals surface area (Å²) in [7, 11) is 0. The number of halogens is 2. The zero-order valence-electron chi connectivity index (χ0n) is 25.3. The number of amides is 4. The number of nitrogens with zero attached hydrogens (tertiary/aromatic N) is 2. The number of pyridine rings is 1. The van der Waals surface area contributed by atoms with Gasteiger partial charge in [0, 0.05) is 43.5 Å². The number of hydrogen-bond acceptors (Lipinski definition) is 7. The highest BCUT2D eigenvalue weighted by Gasteiger charge is 2.47. The number of carbonyl (C=O) groups is 5. The molecule has 3 heterocycles. The Morgan fingerprint density at radius 2 is 1.64 bits per heavy atom. The summed E-state index contributed by atoms with van der Waals surface area (Å²) in [5.74, 6) is -2.63. The molecule has 4 N–H and O–H groups in total. The zero-order valence-corrected chi connectivity index (χ0v) is 26.8. The van der Waals surface area contributed by atoms with E-state index in [0.29, 0.717) is 11.3 Å². The molecule has 2 aromatic rings. The Labute approximate surface area is 271 Å². The van der Waals surface area contributed by atoms with Crippen molar-refractivity contribution in [2.45, 2.75) is 83.0 Å². The number of carboxylic acid groups (broad SMARTS) is 1. The first-order valence-electron chi connectivity index (χ1n) is 14.7. The number of fused-ring (bicyclic) bond motifs is 3. The molecule has 0 radical (unpaired) electrons. The second kappa shape index (κ2) is 14.5. The first kappa shape index (κ1) is 34.0. The Morgan fingerprint density at radius 3 is 2.22 bits per heavy atom. The molecule has 12 nitrogen and oxygen atoms in total. The van der Waals surface area contributed by atoms with Gasteiger partial charge in [0.15, 0.2) is 0 Å². The third-order valence-electron chi connectivity index (χ3n) is 7.79. The largest absolute Gasteiger partial charge is 0.480 e. The molecule has 1 aromatic heterocycles. The van der Waals surface area contributed by atoms with E-state index >= 15 is 0 Å². The predicted molar refractivity (Wildman–Crippen MR) is 167 cm³/mol. The first-order valence-corrected chi connectivity index (χ1v) is 15.5. The van der Waals surface area contributed by atoms with Crippen LogP contribution in [-0.4, -0.2) is 75.0 Å². The van der Waals surface area contributed by atoms with Crippen LogP contribution in [0.2, 0.25) is 10.0 Å². The lowest BCUT2D eigenvalue weighted by molar-refractivity contribution is -0.154. The van der Waals surface area contributed by atoms with Crippen LogP contribution < -0.4 is 16.0 Å². The lowest BCUT2D eigenvalue weighted by Gasteiger charge is -2.50. The van der Waals surface area contributed by atoms with Crippen LogP contribution in [0.5, 0.6) is 0 Å². The van der Waals surface area contributed by atoms with E-state index in [9.17, 15) is 29.1 Å². The van der Waals surface area contributed by atoms with Gasteiger partial charge in [0.2, 0.25) is 11.8 Å². The molecular formula is C31H37Cl2N5O7. The Hall–Kier alpha value is -3.90. The minimum absolute atomic E-state index is 0.0168. The van der Waals surface area contributed by atoms with Crippen molar-refractivity contribution in [1.29, 1.82) is 0 Å². The highest BCUT2D eigenvalue weighted by Crippen LogP contribution is 2.40. The van der Waals surface area contributed by atoms with Crippen LogP contribution in [0.25, 0.3) is 0 Å². The van der Waals surface area contributed by atoms with Crippen molar-refractivity contribution >= 4 is 58.7 Å². The maximum absolute atomic E-state index is 13.6. The quantitative estimate of drug-likeness (QED) is 0.290. The van der Waals surface area contributed by atoms with Gasteiger partial charge >= 0.3 is 12.1 Å². The molecule has 2 saturated heterocycles. The van der Waals surface area contributed by atoms with Crippen LogP contribution in [0.15, 0.2) is 36.7 Å². The normalized spacial score (nSPS) is 19.8. The molecule has 45 heavy (non-hydrogen) atoms. The maximum Gasteiger partial charge on any atom is 0.407 e. The first-order chi connectivity index (χ1) is 21.2. The van der Waals surface area contributed by atoms with Crippen LogP contribution >= 0.6 is 23.2 Å². The number of alkyl carbamates (subject to hydrolysis) is 1. The molecule has 2 aliphatic heterocycles. The maximum atomic E-state index is 13.6. The summed E-state index contributed by atoms with van der Waals surface area (Å²) in [6.07, 6.45) is 5.02. The van der Waals surface area contributed by atoms with Gasteiger partial charge in [0.25, 0.3) is 5.91 Å². The number of anilines is 1. The van der Waals surface area contributed by atoms with Crippen LogP contribution in [0.3, 0.4) is 0 Å². The Balaban J connectivity index is 1.38. The Kier molecular flexibility index (Phi) is 10.9. The SMILES string of the molecule is CC(C)(C)OC(=O)NCCC(=O)N1C2CCC(CC2)[C@H]1C(=O)N[C@@H](Cc1ccc(NC(=O)c2c(Cl)cncc2Cl)cc1)C(=O)O. The molecule has 5 rings (SSSR count). The molecule has 0 spiro atoms. The fourth-order valence-electron chi connectivity index (χ4n) is 5.80. The van der Waals surface area contributed by atoms with E-state index in [1.807, 2.05) is 0 Å². The van der Waals surface area contributed by atoms with Crippen molar-refractivity contribution in [3.8, 4) is 0 Å². The predicted octanol–water partition coefficient (Wildman–Crippen LogP) is 4.44. The van der Waals surface area contributed by atoms with Crippen LogP contribution in [0.1, 0.15) is 68.8 Å². The standard InChI is InChI=1S/C31H37Cl2N5O7/c1-31(2,3)45-30(44)35-13-12-24(39)38-20-10-6-18(7-11-20)26(38)28(41)37-23(29(42)43)14-17-4-8-19(9-5-17)36-27(40)25-21(32)15-34-16-22(25)33/h4-5,8-9,15-16,18,20,23,26H,6-7,10-14H2,1-3H3,(H,35,44)(H,36,40)(H,37,41)(H,42,43)/t18?,20?,23-,26-/m0/s1. The van der Waals surface area contributed by atoms with E-state index in [-0.39, 0.29) is 52.9 Å². The zero-order chi connectivity index (χ0) is 32.9. The van der Waals surface area contributed by atoms with E-state index in [1.165, 1.54) is 12.4 Å². The van der Waals surface area contributed by atoms with Gasteiger partial charge in [0.05, 0.1) is 15.6 Å². The summed E-state index contributed by atoms with van der Waals surface area (Å²) >= 11 is 12.1. The van der Waals surface area contributed by atoms with E-state index in [4.69, 9.17) is 27.9 Å². The van der Waals surface area contributed by atoms with Crippen LogP contribution in [0.4, 0.5) is 10.5 Å². The Bertz CT molecular complexity index is 1420. The number of hydrogen-bond donors (Lipinski definition) is 4. The topological polar surface area (TPSA) is 167 Å². The number of ether oxygens (including phenoxy) is 1. The summed E-state index contributed by atoms with van der Waals surface area (Å²) in [4.78, 5) is 69.2. The van der Waals surface area contributed by atoms with E-state index in [2.05, 4.69) is 20.9 Å². The summed E-state index contributed by atoms with van der Waals surface area (Å²) < 4.78 is 5.21. The lowest BCUT2D eigenvalue weighted by atomic mass is 9.74. The minimum atomic E-state index is -1.25. The molecule has 4 amide bonds. The monoisotopic (exact) mass is 661 g/mol. The van der Waals surface area contributed by atoms with E-state index in [0.717, 1.165) is 25.7 Å². The molecule has 1 aromatic carbocycles. The highest BCUT2D eigenvalue weighted by atomic mass is 35.5. The average molecular weight is 663 g/mol. The van der Waals surface area contributed by atoms with Gasteiger partial charge in [-0.1, -0.05) is 35.3 Å². The number of benzene rings is 1. The number of aliphatic carboxylic acids is 1. The second-order valence-electron chi connectivity index (χ2n) is 12.2. The number of aromatic nitrogens is 1. The molecular weight excluding hydrogens is 625 g/mol. The van der Waals surface area contributed by atoms with Crippen LogP contribution in [0, 0.1) is 5.92 Å². The van der Waals surface area contributed by atoms with E-state index < -0.39 is 41.6 Å². The van der Waals surface area contributed by atoms with Gasteiger partial charge in [0.1, 0.15) is 17.7 Å². The molecule has 2 atom stereocenters. The number of piperidine rings is 2. The molecule has 14 heteroatoms. The smallest absolute Gasteiger partial charge is 0.407 e. The number of nitrogens with one attached hydrogen (secondary N) is 3. The van der Waals surface area contributed by atoms with Gasteiger partial charge in [-0.25, -0.2) is 9.59 Å². The molecule has 242 valence electrons. The van der Waals surface area contributed by atoms with Gasteiger partial charge in [-0.15, -0.1) is 0 Å². The van der Waals surface area contributed by atoms with Gasteiger partial charge < -0.3 is 30.7 Å². The number of carbonyl (C=O) groups excluding carboxylic acids is 4. The summed E-state index contributed by atoms with van der Waals surface area (Å²) in [5, 5.41) is 18.1. The van der Waals surface area contributed by atoms with Crippen molar-refractivity contribution in [3.05, 3.63) is 57.8 Å². The summed E-state index contributed by atoms with van der Waals surface area (Å²) in [6.45, 7) is 5.27. The number of carboxylic acids is 1.